The average molecular weight is 1770 g/mol. The molecule has 14 rings (SSSR count). The van der Waals surface area contributed by atoms with E-state index in [0.717, 1.165) is 25.7 Å². The second-order valence-corrected chi connectivity index (χ2v) is 39.6. The van der Waals surface area contributed by atoms with Crippen LogP contribution in [0.1, 0.15) is 174 Å². The first-order valence-corrected chi connectivity index (χ1v) is 48.3. The maximum atomic E-state index is 15.3. The number of carbonyl (C=O) groups excluding carboxylic acids is 1. The second-order valence-electron chi connectivity index (χ2n) is 29.7. The number of amides is 1. The van der Waals surface area contributed by atoms with E-state index in [9.17, 15) is 28.8 Å². The highest BCUT2D eigenvalue weighted by atomic mass is 32.7. The lowest BCUT2D eigenvalue weighted by Gasteiger charge is -2.38. The lowest BCUT2D eigenvalue weighted by atomic mass is 9.94. The maximum absolute atomic E-state index is 15.3. The van der Waals surface area contributed by atoms with Gasteiger partial charge in [0.25, 0.3) is 5.56 Å². The zero-order chi connectivity index (χ0) is 82.6. The van der Waals surface area contributed by atoms with Crippen LogP contribution in [0, 0.1) is 0 Å². The van der Waals surface area contributed by atoms with Gasteiger partial charge in [0.2, 0.25) is 11.9 Å². The Morgan fingerprint density at radius 1 is 0.573 bits per heavy atom. The molecule has 13 N–H and O–H groups in total. The van der Waals surface area contributed by atoms with Crippen LogP contribution in [-0.2, 0) is 107 Å². The Kier molecular flexibility index (Phi) is 27.9. The van der Waals surface area contributed by atoms with E-state index in [-0.39, 0.29) is 82.4 Å². The van der Waals surface area contributed by atoms with Gasteiger partial charge in [-0.15, -0.1) is 0 Å². The highest BCUT2D eigenvalue weighted by Crippen LogP contribution is 2.64. The van der Waals surface area contributed by atoms with Crippen LogP contribution in [0.4, 0.5) is 23.4 Å². The molecule has 6 fully saturated rings. The van der Waals surface area contributed by atoms with E-state index >= 15 is 4.57 Å². The van der Waals surface area contributed by atoms with Gasteiger partial charge in [-0.1, -0.05) is 109 Å². The van der Waals surface area contributed by atoms with Crippen molar-refractivity contribution in [3.8, 4) is 0 Å². The summed E-state index contributed by atoms with van der Waals surface area (Å²) in [6, 6.07) is 0. The van der Waals surface area contributed by atoms with Gasteiger partial charge in [-0.05, 0) is 56.7 Å². The summed E-state index contributed by atoms with van der Waals surface area (Å²) < 4.78 is 130. The summed E-state index contributed by atoms with van der Waals surface area (Å²) in [5.41, 5.74) is 21.6. The van der Waals surface area contributed by atoms with E-state index < -0.39 is 151 Å². The molecule has 6 unspecified atom stereocenters. The molecule has 6 aliphatic heterocycles. The molecule has 117 heavy (non-hydrogen) atoms. The predicted molar refractivity (Wildman–Crippen MR) is 430 cm³/mol. The summed E-state index contributed by atoms with van der Waals surface area (Å²) in [7, 11) is -3.40. The molecule has 8 aromatic heterocycles. The summed E-state index contributed by atoms with van der Waals surface area (Å²) in [5, 5.41) is 3.00. The number of imidazole rings is 4. The first-order chi connectivity index (χ1) is 56.1. The highest BCUT2D eigenvalue weighted by molar-refractivity contribution is 8.44. The molecule has 8 aromatic rings. The van der Waals surface area contributed by atoms with Crippen molar-refractivity contribution in [3.63, 3.8) is 0 Å². The van der Waals surface area contributed by atoms with Gasteiger partial charge >= 0.3 is 28.1 Å². The molecule has 0 aliphatic carbocycles. The minimum atomic E-state index is -4.88. The Morgan fingerprint density at radius 2 is 1.03 bits per heavy atom. The minimum Gasteiger partial charge on any atom is -0.382 e. The third-order valence-electron chi connectivity index (χ3n) is 22.0. The quantitative estimate of drug-likeness (QED) is 0.00995. The Bertz CT molecular complexity index is 5060. The number of thiol groups is 1. The normalized spacial score (nSPS) is 29.0. The number of carbonyl (C=O) groups is 1. The molecule has 0 aromatic carbocycles. The molecule has 6 aliphatic rings. The predicted octanol–water partition coefficient (Wildman–Crippen LogP) is 7.64. The number of hydrogen-bond acceptors (Lipinski definition) is 36. The van der Waals surface area contributed by atoms with Crippen LogP contribution in [0.2, 0.25) is 0 Å². The molecule has 1 amide bonds. The molecule has 20 atom stereocenters. The number of rotatable bonds is 45. The number of ether oxygens (including phenoxy) is 7. The van der Waals surface area contributed by atoms with Crippen molar-refractivity contribution in [3.05, 3.63) is 54.6 Å². The lowest BCUT2D eigenvalue weighted by Crippen LogP contribution is -2.51. The van der Waals surface area contributed by atoms with Gasteiger partial charge in [0.15, 0.2) is 58.0 Å². The number of unbranched alkanes of at least 4 members (excludes halogenated alkanes) is 15. The number of nitrogens with one attached hydrogen (secondary N) is 2. The van der Waals surface area contributed by atoms with Crippen molar-refractivity contribution >= 4 is 138 Å². The number of hydrogen-bond donors (Lipinski definition) is 10. The monoisotopic (exact) mass is 1770 g/mol. The summed E-state index contributed by atoms with van der Waals surface area (Å²) in [6.45, 7) is -10.5. The maximum Gasteiger partial charge on any atom is 0.472 e. The third-order valence-corrected chi connectivity index (χ3v) is 27.6. The number of nitrogen functional groups attached to an aromatic ring is 4. The van der Waals surface area contributed by atoms with Crippen molar-refractivity contribution in [1.82, 2.24) is 83.4 Å². The van der Waals surface area contributed by atoms with Gasteiger partial charge in [-0.25, -0.2) is 59.0 Å². The molecular formula is C67H99N21O22P4S3. The molecule has 0 spiro atoms. The topological polar surface area (TPSA) is 561 Å². The van der Waals surface area contributed by atoms with E-state index in [1.807, 2.05) is 0 Å². The molecule has 14 heterocycles. The van der Waals surface area contributed by atoms with Crippen LogP contribution in [0.5, 0.6) is 0 Å². The number of H-pyrrole nitrogens is 1. The first-order valence-electron chi connectivity index (χ1n) is 39.0. The smallest absolute Gasteiger partial charge is 0.382 e. The van der Waals surface area contributed by atoms with E-state index in [1.165, 1.54) is 129 Å². The Balaban J connectivity index is 0.638. The van der Waals surface area contributed by atoms with Crippen molar-refractivity contribution in [2.45, 2.75) is 246 Å². The van der Waals surface area contributed by atoms with E-state index in [0.29, 0.717) is 49.8 Å². The van der Waals surface area contributed by atoms with Crippen LogP contribution in [-0.4, -0.2) is 218 Å². The fourth-order valence-electron chi connectivity index (χ4n) is 15.8. The van der Waals surface area contributed by atoms with E-state index in [2.05, 4.69) is 84.3 Å². The standard InChI is InChI=1S/C67H99N21O22P4S3/c1-5-6-7-8-9-10-11-12-13-14-15-16-19-22-44(89)72-23-20-17-18-21-24-97-111(91,92)100-29-66-38(2)102-51(63(106-66)87-36-80-48-56(69)74-32-77-59(48)87)53(66)110-114(95,117)101-30-67-39(3)103-52(64(107-67)88-37-81-49-57(70)75-33-78-60(49)88)54(67)109-113(94,116)99-28-43-41(26-46(105-43)86-35-82-50-61(86)83-65(71)84-62(50)90)108-112(93,115)98-27-42-40(96-4)25-45(104-42)85-34-79-47-55(68)73-31-76-58(47)85/h31-43,45-46,51-54,63-64H,5-30H2,1-4H3,(H,72,89)(H,91,92)(H,93,115)(H,94,116)(H,95,117)(H2,68,73,76)(H2,69,74,77)(H2,70,75,78)(H3,71,83,84,90)/t38-,39-,40+,41+,42+,43+,45+,46+,51?,52?,53+,54+,63+,64+,66-,67-,112?,113?,114?/m0/s1. The number of methoxy groups -OCH3 is 1. The molecule has 0 radical (unpaired) electrons. The van der Waals surface area contributed by atoms with Crippen molar-refractivity contribution in [2.75, 3.05) is 69.6 Å². The Morgan fingerprint density at radius 3 is 1.60 bits per heavy atom. The average Bonchev–Trinajstić information content (AvgIpc) is 1.55. The van der Waals surface area contributed by atoms with Gasteiger partial charge in [-0.3, -0.25) is 55.5 Å². The molecule has 642 valence electrons. The Labute approximate surface area is 686 Å². The van der Waals surface area contributed by atoms with Crippen molar-refractivity contribution < 1.29 is 98.0 Å². The fraction of sp³-hybridized carbons (Fsp3) is 0.687. The van der Waals surface area contributed by atoms with Crippen molar-refractivity contribution in [2.24, 2.45) is 0 Å². The Hall–Kier alpha value is -5.94. The zero-order valence-corrected chi connectivity index (χ0v) is 70.8. The molecule has 6 saturated heterocycles. The molecular weight excluding hydrogens is 1670 g/mol. The van der Waals surface area contributed by atoms with Crippen LogP contribution in [0.15, 0.2) is 49.1 Å². The van der Waals surface area contributed by atoms with Gasteiger partial charge < -0.3 is 89.7 Å². The number of nitrogens with two attached hydrogens (primary N) is 4. The summed E-state index contributed by atoms with van der Waals surface area (Å²) in [5.74, 6) is 0.0515. The lowest BCUT2D eigenvalue weighted by molar-refractivity contribution is -0.216. The van der Waals surface area contributed by atoms with E-state index in [1.54, 1.807) is 18.4 Å². The number of fused-ring (bicyclic) bond motifs is 8. The van der Waals surface area contributed by atoms with Crippen LogP contribution in [0.3, 0.4) is 0 Å². The molecule has 43 nitrogen and oxygen atoms in total. The number of phosphoric acid groups is 1. The van der Waals surface area contributed by atoms with Gasteiger partial charge in [0.05, 0.1) is 82.8 Å². The number of anilines is 4. The summed E-state index contributed by atoms with van der Waals surface area (Å²) in [6.07, 6.45) is 12.7. The van der Waals surface area contributed by atoms with Crippen LogP contribution >= 0.6 is 40.3 Å². The fourth-order valence-corrected chi connectivity index (χ4v) is 21.0. The van der Waals surface area contributed by atoms with Gasteiger partial charge in [0, 0.05) is 32.9 Å². The van der Waals surface area contributed by atoms with Crippen molar-refractivity contribution in [1.29, 1.82) is 0 Å². The second kappa shape index (κ2) is 37.4. The highest BCUT2D eigenvalue weighted by Gasteiger charge is 2.71. The van der Waals surface area contributed by atoms with Crippen LogP contribution < -0.4 is 33.8 Å². The number of nitrogens with zero attached hydrogens (tertiary/aromatic N) is 15. The van der Waals surface area contributed by atoms with Gasteiger partial charge in [0.1, 0.15) is 95.8 Å². The van der Waals surface area contributed by atoms with Gasteiger partial charge in [-0.2, -0.15) is 4.98 Å². The first kappa shape index (κ1) is 87.4. The van der Waals surface area contributed by atoms with E-state index in [4.69, 9.17) is 116 Å². The molecule has 50 heteroatoms. The molecule has 0 saturated carbocycles. The summed E-state index contributed by atoms with van der Waals surface area (Å²) >= 11 is 16.1. The SMILES string of the molecule is CCCCCCCCCCCCCCCC(=O)NCCCCCCOP(=O)(O)OC[C@]12O[C@@H](n3cnc4c(N)ncnc43)C(O[C@H]1C)[C@H]2OP(O)(=S)OC[C@]12O[C@@H](n3cnc4c(N)ncnc43)C(O[C@H]1C)[C@H]2OP(=O)(S)OC[C@H]1O[C@@H](n2cnc3c(=O)[nH]c(N)nc32)C[C@H]1OP(O)(=S)OC[C@H]1O[C@@H](n2cnc3c(N)ncnc32)C[C@H]1OC. The molecule has 4 bridgehead atoms. The zero-order valence-electron chi connectivity index (χ0n) is 64.7. The third kappa shape index (κ3) is 19.6. The largest absolute Gasteiger partial charge is 0.472 e. The number of phosphoric ester groups is 1. The van der Waals surface area contributed by atoms with Crippen LogP contribution in [0.25, 0.3) is 44.7 Å². The summed E-state index contributed by atoms with van der Waals surface area (Å²) in [4.78, 5) is 111. The number of aromatic amines is 1. The minimum absolute atomic E-state index is 0.0191. The number of aromatic nitrogens is 16.